The highest BCUT2D eigenvalue weighted by Gasteiger charge is 2.35. The molecule has 1 aromatic carbocycles. The zero-order valence-electron chi connectivity index (χ0n) is 17.9. The maximum Gasteiger partial charge on any atom is 0.327 e. The van der Waals surface area contributed by atoms with E-state index in [1.54, 1.807) is 33.1 Å². The van der Waals surface area contributed by atoms with Crippen molar-refractivity contribution in [1.82, 2.24) is 10.2 Å². The van der Waals surface area contributed by atoms with E-state index >= 15 is 0 Å². The van der Waals surface area contributed by atoms with Crippen LogP contribution in [-0.4, -0.2) is 77.7 Å². The molecule has 1 aliphatic heterocycles. The SMILES string of the molecule is CCOC(=O)C(CCc1ccc(OC)cc1Cl)NC(C)C(=O)N1CCSCC1C(=O)O. The van der Waals surface area contributed by atoms with Crippen molar-refractivity contribution in [2.24, 2.45) is 0 Å². The Balaban J connectivity index is 2.08. The Morgan fingerprint density at radius 1 is 1.39 bits per heavy atom. The van der Waals surface area contributed by atoms with Gasteiger partial charge in [0.15, 0.2) is 0 Å². The third kappa shape index (κ3) is 7.02. The summed E-state index contributed by atoms with van der Waals surface area (Å²) in [6.07, 6.45) is 0.846. The summed E-state index contributed by atoms with van der Waals surface area (Å²) in [6.45, 7) is 3.92. The van der Waals surface area contributed by atoms with Crippen molar-refractivity contribution in [1.29, 1.82) is 0 Å². The lowest BCUT2D eigenvalue weighted by Crippen LogP contribution is -2.57. The summed E-state index contributed by atoms with van der Waals surface area (Å²) in [5, 5.41) is 13.0. The number of hydrogen-bond donors (Lipinski definition) is 2. The summed E-state index contributed by atoms with van der Waals surface area (Å²) < 4.78 is 10.3. The van der Waals surface area contributed by atoms with Gasteiger partial charge in [0.25, 0.3) is 0 Å². The van der Waals surface area contributed by atoms with Crippen LogP contribution in [0.15, 0.2) is 18.2 Å². The number of hydrogen-bond acceptors (Lipinski definition) is 7. The fourth-order valence-corrected chi connectivity index (χ4v) is 4.67. The Labute approximate surface area is 191 Å². The van der Waals surface area contributed by atoms with E-state index in [9.17, 15) is 19.5 Å². The number of thioether (sulfide) groups is 1. The first-order valence-electron chi connectivity index (χ1n) is 10.1. The molecule has 1 saturated heterocycles. The number of carboxylic acid groups (broad SMARTS) is 1. The van der Waals surface area contributed by atoms with Crippen LogP contribution in [0.3, 0.4) is 0 Å². The van der Waals surface area contributed by atoms with Crippen LogP contribution in [0.2, 0.25) is 5.02 Å². The standard InChI is InChI=1S/C21H29ClN2O6S/c1-4-30-21(28)17(8-6-14-5-7-15(29-3)11-16(14)22)23-13(2)19(25)24-9-10-31-12-18(24)20(26)27/h5,7,11,13,17-18,23H,4,6,8-10,12H2,1-3H3,(H,26,27). The van der Waals surface area contributed by atoms with E-state index in [1.165, 1.54) is 16.7 Å². The molecule has 3 unspecified atom stereocenters. The van der Waals surface area contributed by atoms with Gasteiger partial charge in [0.05, 0.1) is 19.8 Å². The van der Waals surface area contributed by atoms with Crippen molar-refractivity contribution in [3.8, 4) is 5.75 Å². The van der Waals surface area contributed by atoms with E-state index in [1.807, 2.05) is 6.07 Å². The van der Waals surface area contributed by atoms with Crippen LogP contribution in [0, 0.1) is 0 Å². The number of nitrogens with one attached hydrogen (secondary N) is 1. The molecule has 0 spiro atoms. The second-order valence-corrected chi connectivity index (χ2v) is 8.71. The molecule has 0 saturated carbocycles. The maximum absolute atomic E-state index is 12.9. The number of methoxy groups -OCH3 is 1. The van der Waals surface area contributed by atoms with E-state index in [2.05, 4.69) is 5.32 Å². The number of aryl methyl sites for hydroxylation is 1. The third-order valence-electron chi connectivity index (χ3n) is 5.05. The highest BCUT2D eigenvalue weighted by atomic mass is 35.5. The molecule has 3 atom stereocenters. The molecule has 0 bridgehead atoms. The van der Waals surface area contributed by atoms with E-state index in [-0.39, 0.29) is 12.5 Å². The number of nitrogens with zero attached hydrogens (tertiary/aromatic N) is 1. The molecular weight excluding hydrogens is 444 g/mol. The Morgan fingerprint density at radius 2 is 2.13 bits per heavy atom. The van der Waals surface area contributed by atoms with Gasteiger partial charge < -0.3 is 19.5 Å². The lowest BCUT2D eigenvalue weighted by Gasteiger charge is -2.35. The van der Waals surface area contributed by atoms with Gasteiger partial charge in [0.1, 0.15) is 17.8 Å². The van der Waals surface area contributed by atoms with Gasteiger partial charge in [-0.05, 0) is 44.4 Å². The van der Waals surface area contributed by atoms with Crippen LogP contribution in [0.4, 0.5) is 0 Å². The molecule has 0 aliphatic carbocycles. The molecule has 172 valence electrons. The fraction of sp³-hybridized carbons (Fsp3) is 0.571. The number of halogens is 1. The molecule has 0 aromatic heterocycles. The lowest BCUT2D eigenvalue weighted by atomic mass is 10.0. The Bertz CT molecular complexity index is 793. The van der Waals surface area contributed by atoms with Crippen LogP contribution in [0.5, 0.6) is 5.75 Å². The highest BCUT2D eigenvalue weighted by Crippen LogP contribution is 2.24. The van der Waals surface area contributed by atoms with Gasteiger partial charge in [-0.15, -0.1) is 0 Å². The van der Waals surface area contributed by atoms with Gasteiger partial charge in [0.2, 0.25) is 5.91 Å². The van der Waals surface area contributed by atoms with Crippen molar-refractivity contribution < 1.29 is 29.0 Å². The van der Waals surface area contributed by atoms with Gasteiger partial charge in [-0.25, -0.2) is 4.79 Å². The molecule has 2 N–H and O–H groups in total. The molecule has 1 amide bonds. The van der Waals surface area contributed by atoms with Crippen molar-refractivity contribution in [2.45, 2.75) is 44.8 Å². The maximum atomic E-state index is 12.9. The Hall–Kier alpha value is -1.97. The monoisotopic (exact) mass is 472 g/mol. The second kappa shape index (κ2) is 12.2. The second-order valence-electron chi connectivity index (χ2n) is 7.15. The summed E-state index contributed by atoms with van der Waals surface area (Å²) in [5.74, 6) is -0.158. The van der Waals surface area contributed by atoms with Gasteiger partial charge in [-0.1, -0.05) is 17.7 Å². The zero-order chi connectivity index (χ0) is 23.0. The van der Waals surface area contributed by atoms with Gasteiger partial charge in [-0.3, -0.25) is 14.9 Å². The number of carbonyl (C=O) groups excluding carboxylic acids is 2. The summed E-state index contributed by atoms with van der Waals surface area (Å²) in [5.41, 5.74) is 0.844. The fourth-order valence-electron chi connectivity index (χ4n) is 3.36. The number of carboxylic acids is 1. The van der Waals surface area contributed by atoms with Crippen molar-refractivity contribution >= 4 is 41.2 Å². The Kier molecular flexibility index (Phi) is 9.93. The molecular formula is C21H29ClN2O6S. The number of benzene rings is 1. The lowest BCUT2D eigenvalue weighted by molar-refractivity contribution is -0.151. The van der Waals surface area contributed by atoms with Gasteiger partial charge in [-0.2, -0.15) is 11.8 Å². The zero-order valence-corrected chi connectivity index (χ0v) is 19.5. The molecule has 1 aromatic rings. The molecule has 0 radical (unpaired) electrons. The summed E-state index contributed by atoms with van der Waals surface area (Å²) >= 11 is 7.81. The third-order valence-corrected chi connectivity index (χ3v) is 6.43. The number of aliphatic carboxylic acids is 1. The average Bonchev–Trinajstić information content (AvgIpc) is 2.76. The topological polar surface area (TPSA) is 105 Å². The minimum atomic E-state index is -1.02. The van der Waals surface area contributed by atoms with Crippen LogP contribution in [-0.2, 0) is 25.5 Å². The molecule has 1 aliphatic rings. The van der Waals surface area contributed by atoms with Gasteiger partial charge >= 0.3 is 11.9 Å². The Morgan fingerprint density at radius 3 is 2.74 bits per heavy atom. The molecule has 8 nitrogen and oxygen atoms in total. The number of esters is 1. The molecule has 31 heavy (non-hydrogen) atoms. The first kappa shape index (κ1) is 25.3. The molecule has 1 fully saturated rings. The van der Waals surface area contributed by atoms with Crippen molar-refractivity contribution in [2.75, 3.05) is 31.8 Å². The van der Waals surface area contributed by atoms with Crippen LogP contribution < -0.4 is 10.1 Å². The predicted molar refractivity (Wildman–Crippen MR) is 120 cm³/mol. The van der Waals surface area contributed by atoms with E-state index in [4.69, 9.17) is 21.1 Å². The van der Waals surface area contributed by atoms with Gasteiger partial charge in [0, 0.05) is 23.1 Å². The largest absolute Gasteiger partial charge is 0.497 e. The van der Waals surface area contributed by atoms with Crippen molar-refractivity contribution in [3.63, 3.8) is 0 Å². The first-order chi connectivity index (χ1) is 14.8. The summed E-state index contributed by atoms with van der Waals surface area (Å²) in [4.78, 5) is 38.3. The van der Waals surface area contributed by atoms with E-state index in [0.717, 1.165) is 5.56 Å². The number of rotatable bonds is 10. The normalized spacial score (nSPS) is 18.2. The minimum Gasteiger partial charge on any atom is -0.497 e. The van der Waals surface area contributed by atoms with Crippen LogP contribution >= 0.6 is 23.4 Å². The predicted octanol–water partition coefficient (Wildman–Crippen LogP) is 2.22. The van der Waals surface area contributed by atoms with E-state index in [0.29, 0.717) is 41.7 Å². The smallest absolute Gasteiger partial charge is 0.327 e. The minimum absolute atomic E-state index is 0.215. The van der Waals surface area contributed by atoms with Crippen LogP contribution in [0.25, 0.3) is 0 Å². The summed E-state index contributed by atoms with van der Waals surface area (Å²) in [7, 11) is 1.56. The number of amides is 1. The number of ether oxygens (including phenoxy) is 2. The van der Waals surface area contributed by atoms with Crippen LogP contribution in [0.1, 0.15) is 25.8 Å². The number of carbonyl (C=O) groups is 3. The molecule has 2 rings (SSSR count). The molecule has 1 heterocycles. The highest BCUT2D eigenvalue weighted by molar-refractivity contribution is 7.99. The summed E-state index contributed by atoms with van der Waals surface area (Å²) in [6, 6.07) is 2.98. The van der Waals surface area contributed by atoms with Crippen molar-refractivity contribution in [3.05, 3.63) is 28.8 Å². The van der Waals surface area contributed by atoms with E-state index < -0.39 is 30.1 Å². The average molecular weight is 473 g/mol. The first-order valence-corrected chi connectivity index (χ1v) is 11.7. The quantitative estimate of drug-likeness (QED) is 0.499. The molecule has 10 heteroatoms.